The van der Waals surface area contributed by atoms with Crippen molar-refractivity contribution in [2.24, 2.45) is 0 Å². The Morgan fingerprint density at radius 2 is 1.33 bits per heavy atom. The molecule has 1 N–H and O–H groups in total. The maximum Gasteiger partial charge on any atom is 0.179 e. The van der Waals surface area contributed by atoms with Gasteiger partial charge in [0.05, 0.1) is 13.1 Å². The summed E-state index contributed by atoms with van der Waals surface area (Å²) in [7, 11) is 0. The molecule has 0 aliphatic heterocycles. The molecule has 0 saturated heterocycles. The topological polar surface area (TPSA) is 13.7 Å². The van der Waals surface area contributed by atoms with Crippen LogP contribution >= 0.6 is 0 Å². The van der Waals surface area contributed by atoms with Gasteiger partial charge < -0.3 is 9.64 Å². The number of nitrogens with one attached hydrogen (secondary N) is 1. The molecule has 2 heteroatoms. The van der Waals surface area contributed by atoms with Gasteiger partial charge >= 0.3 is 0 Å². The van der Waals surface area contributed by atoms with Crippen molar-refractivity contribution in [2.45, 2.75) is 26.4 Å². The summed E-state index contributed by atoms with van der Waals surface area (Å²) < 4.78 is 6.27. The zero-order valence-electron chi connectivity index (χ0n) is 15.0. The smallest absolute Gasteiger partial charge is 0.179 e. The van der Waals surface area contributed by atoms with Crippen molar-refractivity contribution in [3.63, 3.8) is 0 Å². The molecule has 0 fully saturated rings. The van der Waals surface area contributed by atoms with Gasteiger partial charge in [-0.15, -0.1) is 0 Å². The molecule has 24 heavy (non-hydrogen) atoms. The first-order valence-corrected chi connectivity index (χ1v) is 8.85. The average molecular weight is 322 g/mol. The minimum Gasteiger partial charge on any atom is -0.354 e. The normalized spacial score (nSPS) is 11.2. The minimum absolute atomic E-state index is 0.608. The second kappa shape index (κ2) is 9.27. The van der Waals surface area contributed by atoms with Gasteiger partial charge in [-0.25, -0.2) is 0 Å². The van der Waals surface area contributed by atoms with E-state index in [1.807, 2.05) is 43.3 Å². The summed E-state index contributed by atoms with van der Waals surface area (Å²) in [5, 5.41) is 0. The third-order valence-corrected chi connectivity index (χ3v) is 4.32. The molecule has 0 radical (unpaired) electrons. The van der Waals surface area contributed by atoms with E-state index in [0.717, 1.165) is 30.8 Å². The molecule has 2 nitrogen and oxygen atoms in total. The van der Waals surface area contributed by atoms with Crippen LogP contribution in [0.3, 0.4) is 0 Å². The summed E-state index contributed by atoms with van der Waals surface area (Å²) in [5.74, 6) is 6.87. The Balaban J connectivity index is 2.49. The van der Waals surface area contributed by atoms with Crippen LogP contribution in [0.1, 0.15) is 31.9 Å². The lowest BCUT2D eigenvalue weighted by molar-refractivity contribution is -0.889. The summed E-state index contributed by atoms with van der Waals surface area (Å²) in [6.07, 6.45) is 0. The molecule has 0 amide bonds. The monoisotopic (exact) mass is 322 g/mol. The fraction of sp³-hybridized carbons (Fsp3) is 0.364. The zero-order chi connectivity index (χ0) is 17.3. The Hall–Kier alpha value is -2.08. The summed E-state index contributed by atoms with van der Waals surface area (Å²) in [5.41, 5.74) is 1.46. The SMILES string of the molecule is CCOC(C#CC[NH+](CC)CC)(c1ccccc1)c1ccccc1. The van der Waals surface area contributed by atoms with E-state index >= 15 is 0 Å². The third-order valence-electron chi connectivity index (χ3n) is 4.32. The molecule has 0 aliphatic rings. The van der Waals surface area contributed by atoms with E-state index in [1.54, 1.807) is 0 Å². The summed E-state index contributed by atoms with van der Waals surface area (Å²) in [6.45, 7) is 10.0. The molecule has 0 saturated carbocycles. The molecule has 0 atom stereocenters. The molecule has 0 aliphatic carbocycles. The van der Waals surface area contributed by atoms with Gasteiger partial charge in [0.1, 0.15) is 6.54 Å². The Morgan fingerprint density at radius 3 is 1.75 bits per heavy atom. The first-order valence-electron chi connectivity index (χ1n) is 8.85. The van der Waals surface area contributed by atoms with Crippen LogP contribution in [0.25, 0.3) is 0 Å². The molecular weight excluding hydrogens is 294 g/mol. The van der Waals surface area contributed by atoms with Crippen LogP contribution in [-0.4, -0.2) is 26.2 Å². The zero-order valence-corrected chi connectivity index (χ0v) is 15.0. The number of ether oxygens (including phenoxy) is 1. The lowest BCUT2D eigenvalue weighted by atomic mass is 9.86. The Morgan fingerprint density at radius 1 is 0.833 bits per heavy atom. The van der Waals surface area contributed by atoms with Crippen molar-refractivity contribution < 1.29 is 9.64 Å². The van der Waals surface area contributed by atoms with Crippen LogP contribution in [0, 0.1) is 11.8 Å². The number of benzene rings is 2. The van der Waals surface area contributed by atoms with E-state index < -0.39 is 5.60 Å². The van der Waals surface area contributed by atoms with Crippen molar-refractivity contribution in [2.75, 3.05) is 26.2 Å². The molecule has 0 spiro atoms. The van der Waals surface area contributed by atoms with E-state index in [9.17, 15) is 0 Å². The Kier molecular flexibility index (Phi) is 7.06. The van der Waals surface area contributed by atoms with Crippen molar-refractivity contribution >= 4 is 0 Å². The standard InChI is InChI=1S/C22H27NO/c1-4-23(5-2)19-13-18-22(24-6-3,20-14-9-7-10-15-20)21-16-11-8-12-17-21/h7-12,14-17H,4-6,19H2,1-3H3/p+1. The van der Waals surface area contributed by atoms with E-state index in [1.165, 1.54) is 4.90 Å². The van der Waals surface area contributed by atoms with Crippen LogP contribution in [0.15, 0.2) is 60.7 Å². The highest BCUT2D eigenvalue weighted by molar-refractivity contribution is 5.45. The van der Waals surface area contributed by atoms with E-state index in [4.69, 9.17) is 4.74 Å². The van der Waals surface area contributed by atoms with Crippen LogP contribution in [0.4, 0.5) is 0 Å². The van der Waals surface area contributed by atoms with Gasteiger partial charge in [-0.05, 0) is 26.7 Å². The largest absolute Gasteiger partial charge is 0.354 e. The maximum absolute atomic E-state index is 6.27. The van der Waals surface area contributed by atoms with Gasteiger partial charge in [-0.1, -0.05) is 66.6 Å². The van der Waals surface area contributed by atoms with Gasteiger partial charge in [0.2, 0.25) is 0 Å². The third kappa shape index (κ3) is 4.26. The molecule has 0 heterocycles. The number of rotatable bonds is 7. The van der Waals surface area contributed by atoms with Crippen molar-refractivity contribution in [3.8, 4) is 11.8 Å². The van der Waals surface area contributed by atoms with Crippen LogP contribution in [0.5, 0.6) is 0 Å². The Bertz CT molecular complexity index is 611. The van der Waals surface area contributed by atoms with E-state index in [2.05, 4.69) is 50.0 Å². The molecule has 0 bridgehead atoms. The molecule has 2 aromatic rings. The summed E-state index contributed by atoms with van der Waals surface area (Å²) in [4.78, 5) is 1.48. The molecular formula is C22H28NO+. The van der Waals surface area contributed by atoms with Crippen LogP contribution in [-0.2, 0) is 10.3 Å². The molecule has 0 aromatic heterocycles. The van der Waals surface area contributed by atoms with Crippen LogP contribution in [0.2, 0.25) is 0 Å². The highest BCUT2D eigenvalue weighted by Gasteiger charge is 2.33. The second-order valence-corrected chi connectivity index (χ2v) is 5.78. The van der Waals surface area contributed by atoms with Gasteiger partial charge in [-0.3, -0.25) is 0 Å². The predicted octanol–water partition coefficient (Wildman–Crippen LogP) is 2.89. The van der Waals surface area contributed by atoms with Gasteiger partial charge in [0.25, 0.3) is 0 Å². The van der Waals surface area contributed by atoms with Crippen molar-refractivity contribution in [1.82, 2.24) is 0 Å². The maximum atomic E-state index is 6.27. The highest BCUT2D eigenvalue weighted by atomic mass is 16.5. The summed E-state index contributed by atoms with van der Waals surface area (Å²) in [6, 6.07) is 20.6. The predicted molar refractivity (Wildman–Crippen MR) is 100.0 cm³/mol. The molecule has 2 rings (SSSR count). The number of hydrogen-bond donors (Lipinski definition) is 1. The lowest BCUT2D eigenvalue weighted by Crippen LogP contribution is -3.11. The quantitative estimate of drug-likeness (QED) is 0.774. The summed E-state index contributed by atoms with van der Waals surface area (Å²) >= 11 is 0. The van der Waals surface area contributed by atoms with Gasteiger partial charge in [-0.2, -0.15) is 0 Å². The highest BCUT2D eigenvalue weighted by Crippen LogP contribution is 2.33. The molecule has 126 valence electrons. The molecule has 2 aromatic carbocycles. The molecule has 0 unspecified atom stereocenters. The average Bonchev–Trinajstić information content (AvgIpc) is 2.66. The van der Waals surface area contributed by atoms with Crippen molar-refractivity contribution in [3.05, 3.63) is 71.8 Å². The first-order chi connectivity index (χ1) is 11.8. The van der Waals surface area contributed by atoms with Gasteiger partial charge in [0.15, 0.2) is 5.60 Å². The minimum atomic E-state index is -0.705. The second-order valence-electron chi connectivity index (χ2n) is 5.78. The number of quaternary nitrogens is 1. The van der Waals surface area contributed by atoms with Crippen molar-refractivity contribution in [1.29, 1.82) is 0 Å². The fourth-order valence-corrected chi connectivity index (χ4v) is 2.87. The van der Waals surface area contributed by atoms with E-state index in [-0.39, 0.29) is 0 Å². The fourth-order valence-electron chi connectivity index (χ4n) is 2.87. The lowest BCUT2D eigenvalue weighted by Gasteiger charge is -2.29. The van der Waals surface area contributed by atoms with Crippen LogP contribution < -0.4 is 4.90 Å². The Labute approximate surface area is 146 Å². The van der Waals surface area contributed by atoms with E-state index in [0.29, 0.717) is 6.61 Å². The number of hydrogen-bond acceptors (Lipinski definition) is 1. The first kappa shape index (κ1) is 18.3. The van der Waals surface area contributed by atoms with Gasteiger partial charge in [0, 0.05) is 17.7 Å².